The lowest BCUT2D eigenvalue weighted by atomic mass is 9.89. The van der Waals surface area contributed by atoms with Crippen molar-refractivity contribution in [3.8, 4) is 45.6 Å². The van der Waals surface area contributed by atoms with Crippen molar-refractivity contribution in [1.82, 2.24) is 9.88 Å². The second-order valence-electron chi connectivity index (χ2n) is 12.4. The molecular weight excluding hydrogens is 650 g/mol. The minimum Gasteiger partial charge on any atom is -0.488 e. The summed E-state index contributed by atoms with van der Waals surface area (Å²) >= 11 is 6.82. The maximum atomic E-state index is 10.7. The third-order valence-corrected chi connectivity index (χ3v) is 9.31. The molecule has 2 heterocycles. The van der Waals surface area contributed by atoms with Crippen LogP contribution in [-0.2, 0) is 24.6 Å². The molecule has 1 unspecified atom stereocenters. The minimum absolute atomic E-state index is 0.0290. The number of aromatic nitrogens is 1. The quantitative estimate of drug-likeness (QED) is 0.125. The van der Waals surface area contributed by atoms with Gasteiger partial charge in [0.1, 0.15) is 43.1 Å². The summed E-state index contributed by atoms with van der Waals surface area (Å²) < 4.78 is 18.1. The number of rotatable bonds is 13. The van der Waals surface area contributed by atoms with Crippen LogP contribution in [0.2, 0.25) is 5.02 Å². The monoisotopic (exact) mass is 687 g/mol. The maximum Gasteiger partial charge on any atom is 0.157 e. The molecule has 1 aliphatic rings. The molecule has 9 heteroatoms. The zero-order valence-corrected chi connectivity index (χ0v) is 28.8. The Bertz CT molecular complexity index is 2020. The van der Waals surface area contributed by atoms with Crippen molar-refractivity contribution in [3.63, 3.8) is 0 Å². The number of aliphatic hydroxyl groups excluding tert-OH is 1. The number of nitrogens with zero attached hydrogens (tertiary/aromatic N) is 3. The zero-order chi connectivity index (χ0) is 35.0. The van der Waals surface area contributed by atoms with E-state index in [1.807, 2.05) is 42.5 Å². The molecule has 4 aromatic carbocycles. The summed E-state index contributed by atoms with van der Waals surface area (Å²) in [7, 11) is 0. The summed E-state index contributed by atoms with van der Waals surface area (Å²) in [6.07, 6.45) is 4.32. The summed E-state index contributed by atoms with van der Waals surface area (Å²) in [5.41, 5.74) is 9.82. The fourth-order valence-electron chi connectivity index (χ4n) is 6.32. The summed E-state index contributed by atoms with van der Waals surface area (Å²) in [6.45, 7) is 6.72. The molecule has 8 nitrogen and oxygen atoms in total. The number of carbonyl (C=O) groups is 1. The number of β-amino-alcohol motifs (C(OH)–C–C–N with tert-alkyl or cyclic N) is 1. The second kappa shape index (κ2) is 16.0. The number of carbonyl (C=O) groups excluding carboxylic acids is 1. The van der Waals surface area contributed by atoms with E-state index in [1.54, 1.807) is 12.3 Å². The molecule has 254 valence electrons. The summed E-state index contributed by atoms with van der Waals surface area (Å²) in [5.74, 6) is 1.77. The molecule has 0 spiro atoms. The van der Waals surface area contributed by atoms with Crippen molar-refractivity contribution in [2.75, 3.05) is 19.7 Å². The Balaban J connectivity index is 1.23. The Morgan fingerprint density at radius 3 is 2.38 bits per heavy atom. The average Bonchev–Trinajstić information content (AvgIpc) is 3.55. The van der Waals surface area contributed by atoms with Gasteiger partial charge in [0.05, 0.1) is 16.7 Å². The number of halogens is 1. The maximum absolute atomic E-state index is 10.7. The van der Waals surface area contributed by atoms with Crippen LogP contribution in [0, 0.1) is 25.2 Å². The fraction of sp³-hybridized carbons (Fsp3) is 0.244. The molecule has 0 bridgehead atoms. The van der Waals surface area contributed by atoms with E-state index in [9.17, 15) is 15.2 Å². The third-order valence-electron chi connectivity index (χ3n) is 9.01. The number of pyridine rings is 1. The van der Waals surface area contributed by atoms with Gasteiger partial charge < -0.3 is 19.3 Å². The molecule has 1 fully saturated rings. The van der Waals surface area contributed by atoms with Crippen LogP contribution in [0.1, 0.15) is 39.8 Å². The lowest BCUT2D eigenvalue weighted by Gasteiger charge is -2.20. The van der Waals surface area contributed by atoms with E-state index in [2.05, 4.69) is 60.1 Å². The number of ether oxygens (including phenoxy) is 3. The van der Waals surface area contributed by atoms with Crippen LogP contribution in [0.4, 0.5) is 0 Å². The van der Waals surface area contributed by atoms with Gasteiger partial charge in [-0.15, -0.1) is 0 Å². The molecule has 0 aliphatic carbocycles. The van der Waals surface area contributed by atoms with Gasteiger partial charge in [-0.05, 0) is 83.5 Å². The molecule has 1 aliphatic heterocycles. The van der Waals surface area contributed by atoms with Gasteiger partial charge in [0.25, 0.3) is 0 Å². The van der Waals surface area contributed by atoms with E-state index in [-0.39, 0.29) is 19.3 Å². The van der Waals surface area contributed by atoms with Crippen molar-refractivity contribution in [2.24, 2.45) is 0 Å². The Morgan fingerprint density at radius 2 is 1.64 bits per heavy atom. The molecule has 1 atom stereocenters. The van der Waals surface area contributed by atoms with Crippen LogP contribution >= 0.6 is 11.6 Å². The minimum atomic E-state index is -0.343. The first-order chi connectivity index (χ1) is 24.3. The molecule has 1 saturated heterocycles. The summed E-state index contributed by atoms with van der Waals surface area (Å²) in [4.78, 5) is 17.0. The Kier molecular flexibility index (Phi) is 11.1. The smallest absolute Gasteiger partial charge is 0.157 e. The Labute approximate surface area is 297 Å². The Morgan fingerprint density at radius 1 is 0.900 bits per heavy atom. The fourth-order valence-corrected chi connectivity index (χ4v) is 6.56. The highest BCUT2D eigenvalue weighted by Gasteiger charge is 2.23. The van der Waals surface area contributed by atoms with E-state index < -0.39 is 0 Å². The molecule has 6 rings (SSSR count). The first kappa shape index (κ1) is 34.7. The number of hydrogen-bond acceptors (Lipinski definition) is 8. The van der Waals surface area contributed by atoms with E-state index in [4.69, 9.17) is 25.8 Å². The highest BCUT2D eigenvalue weighted by atomic mass is 35.5. The first-order valence-electron chi connectivity index (χ1n) is 16.5. The van der Waals surface area contributed by atoms with Gasteiger partial charge in [0.2, 0.25) is 0 Å². The predicted octanol–water partition coefficient (Wildman–Crippen LogP) is 7.86. The van der Waals surface area contributed by atoms with Gasteiger partial charge in [-0.2, -0.15) is 5.26 Å². The van der Waals surface area contributed by atoms with E-state index in [1.165, 1.54) is 6.20 Å². The number of nitriles is 1. The van der Waals surface area contributed by atoms with Gasteiger partial charge in [0, 0.05) is 49.2 Å². The Hall–Kier alpha value is -5.20. The van der Waals surface area contributed by atoms with Crippen LogP contribution in [-0.4, -0.2) is 47.1 Å². The number of aldehydes is 1. The van der Waals surface area contributed by atoms with Gasteiger partial charge in [-0.3, -0.25) is 14.7 Å². The molecule has 1 aromatic heterocycles. The van der Waals surface area contributed by atoms with Crippen molar-refractivity contribution >= 4 is 17.9 Å². The van der Waals surface area contributed by atoms with E-state index in [0.717, 1.165) is 69.3 Å². The van der Waals surface area contributed by atoms with Crippen molar-refractivity contribution in [1.29, 1.82) is 5.26 Å². The SMILES string of the molecule is Cc1c(COc2cc(OCc3cncc(C#N)c3)c(CN3CCC(O)C3)cc2Cl)cccc1-c1cccc(-c2ccc(OCC=O)cc2)c1C. The van der Waals surface area contributed by atoms with Crippen molar-refractivity contribution < 1.29 is 24.1 Å². The standard InChI is InChI=1S/C41H38ClN3O5/c1-27-32(5-3-7-37(27)38-8-4-6-36(28(38)2)31-9-11-35(12-10-31)48-16-15-46)26-50-41-19-40(49-25-30-17-29(20-43)21-44-22-30)33(18-39(41)42)23-45-14-13-34(47)24-45/h3-12,15,17-19,21-22,34,47H,13-14,16,23-26H2,1-2H3. The molecule has 0 saturated carbocycles. The van der Waals surface area contributed by atoms with Crippen LogP contribution in [0.3, 0.4) is 0 Å². The van der Waals surface area contributed by atoms with Crippen molar-refractivity contribution in [2.45, 2.75) is 46.1 Å². The second-order valence-corrected chi connectivity index (χ2v) is 12.8. The zero-order valence-electron chi connectivity index (χ0n) is 28.1. The molecular formula is C41H38ClN3O5. The van der Waals surface area contributed by atoms with Gasteiger partial charge in [0.15, 0.2) is 6.29 Å². The van der Waals surface area contributed by atoms with Gasteiger partial charge >= 0.3 is 0 Å². The van der Waals surface area contributed by atoms with Crippen LogP contribution in [0.15, 0.2) is 91.3 Å². The van der Waals surface area contributed by atoms with Gasteiger partial charge in [-0.1, -0.05) is 60.1 Å². The molecule has 5 aromatic rings. The molecule has 50 heavy (non-hydrogen) atoms. The lowest BCUT2D eigenvalue weighted by molar-refractivity contribution is -0.109. The van der Waals surface area contributed by atoms with Crippen LogP contribution in [0.25, 0.3) is 22.3 Å². The van der Waals surface area contributed by atoms with Crippen molar-refractivity contribution in [3.05, 3.63) is 130 Å². The molecule has 1 N–H and O–H groups in total. The number of hydrogen-bond donors (Lipinski definition) is 1. The third kappa shape index (κ3) is 8.15. The topological polar surface area (TPSA) is 105 Å². The predicted molar refractivity (Wildman–Crippen MR) is 193 cm³/mol. The van der Waals surface area contributed by atoms with Gasteiger partial charge in [-0.25, -0.2) is 0 Å². The highest BCUT2D eigenvalue weighted by Crippen LogP contribution is 2.37. The summed E-state index contributed by atoms with van der Waals surface area (Å²) in [5, 5.41) is 19.9. The van der Waals surface area contributed by atoms with E-state index >= 15 is 0 Å². The molecule has 0 amide bonds. The largest absolute Gasteiger partial charge is 0.488 e. The lowest BCUT2D eigenvalue weighted by Crippen LogP contribution is -2.22. The first-order valence-corrected chi connectivity index (χ1v) is 16.9. The normalized spacial score (nSPS) is 14.3. The van der Waals surface area contributed by atoms with Crippen LogP contribution < -0.4 is 14.2 Å². The summed E-state index contributed by atoms with van der Waals surface area (Å²) in [6, 6.07) is 27.9. The molecule has 0 radical (unpaired) electrons. The number of likely N-dealkylation sites (tertiary alicyclic amines) is 1. The van der Waals surface area contributed by atoms with Crippen LogP contribution in [0.5, 0.6) is 17.2 Å². The number of benzene rings is 4. The highest BCUT2D eigenvalue weighted by molar-refractivity contribution is 6.32. The number of aliphatic hydroxyl groups is 1. The average molecular weight is 688 g/mol. The van der Waals surface area contributed by atoms with E-state index in [0.29, 0.717) is 47.5 Å².